The van der Waals surface area contributed by atoms with Crippen LogP contribution >= 0.6 is 25.3 Å². The maximum Gasteiger partial charge on any atom is 0.322 e. The van der Waals surface area contributed by atoms with Gasteiger partial charge in [0.15, 0.2) is 0 Å². The van der Waals surface area contributed by atoms with Crippen molar-refractivity contribution in [2.45, 2.75) is 31.2 Å². The molecule has 0 aromatic carbocycles. The topological polar surface area (TPSA) is 171 Å². The van der Waals surface area contributed by atoms with Gasteiger partial charge >= 0.3 is 5.97 Å². The van der Waals surface area contributed by atoms with E-state index in [1.54, 1.807) is 0 Å². The van der Waals surface area contributed by atoms with Crippen LogP contribution in [-0.4, -0.2) is 76.2 Å². The molecular weight excluding hydrogens is 360 g/mol. The van der Waals surface area contributed by atoms with E-state index in [1.807, 2.05) is 0 Å². The molecule has 12 heteroatoms. The van der Waals surface area contributed by atoms with E-state index in [9.17, 15) is 24.3 Å². The molecule has 0 aliphatic carbocycles. The number of carboxylic acid groups (broad SMARTS) is 1. The zero-order valence-corrected chi connectivity index (χ0v) is 14.7. The number of aliphatic carboxylic acids is 1. The lowest BCUT2D eigenvalue weighted by molar-refractivity contribution is -0.138. The summed E-state index contributed by atoms with van der Waals surface area (Å²) < 4.78 is 0. The number of nitrogens with one attached hydrogen (secondary N) is 3. The fraction of sp³-hybridized carbons (Fsp3) is 0.667. The van der Waals surface area contributed by atoms with Gasteiger partial charge < -0.3 is 31.9 Å². The smallest absolute Gasteiger partial charge is 0.322 e. The second kappa shape index (κ2) is 11.1. The summed E-state index contributed by atoms with van der Waals surface area (Å²) in [5.74, 6) is -3.61. The number of rotatable bonds is 10. The van der Waals surface area contributed by atoms with Crippen molar-refractivity contribution in [2.24, 2.45) is 5.73 Å². The van der Waals surface area contributed by atoms with E-state index in [-0.39, 0.29) is 11.5 Å². The molecule has 0 saturated carbocycles. The third-order valence-corrected chi connectivity index (χ3v) is 3.60. The van der Waals surface area contributed by atoms with Gasteiger partial charge in [0, 0.05) is 11.5 Å². The van der Waals surface area contributed by atoms with Crippen LogP contribution < -0.4 is 21.7 Å². The number of aliphatic hydroxyl groups excluding tert-OH is 1. The second-order valence-corrected chi connectivity index (χ2v) is 5.60. The molecule has 0 aromatic rings. The lowest BCUT2D eigenvalue weighted by Crippen LogP contribution is -2.58. The summed E-state index contributed by atoms with van der Waals surface area (Å²) in [6.07, 6.45) is -1.11. The minimum Gasteiger partial charge on any atom is -0.480 e. The van der Waals surface area contributed by atoms with Crippen LogP contribution in [0.1, 0.15) is 6.92 Å². The van der Waals surface area contributed by atoms with Crippen molar-refractivity contribution >= 4 is 48.9 Å². The summed E-state index contributed by atoms with van der Waals surface area (Å²) in [4.78, 5) is 46.0. The molecular formula is C12H22N4O6S2. The molecule has 10 nitrogen and oxygen atoms in total. The maximum absolute atomic E-state index is 12.1. The van der Waals surface area contributed by atoms with E-state index in [1.165, 1.54) is 6.92 Å². The fourth-order valence-electron chi connectivity index (χ4n) is 1.43. The van der Waals surface area contributed by atoms with Crippen molar-refractivity contribution in [1.29, 1.82) is 0 Å². The van der Waals surface area contributed by atoms with Crippen molar-refractivity contribution in [2.75, 3.05) is 18.1 Å². The summed E-state index contributed by atoms with van der Waals surface area (Å²) >= 11 is 7.86. The van der Waals surface area contributed by atoms with Crippen LogP contribution in [0.15, 0.2) is 0 Å². The third-order valence-electron chi connectivity index (χ3n) is 2.87. The number of amides is 3. The summed E-state index contributed by atoms with van der Waals surface area (Å²) in [7, 11) is 0. The lowest BCUT2D eigenvalue weighted by atomic mass is 10.1. The average molecular weight is 382 g/mol. The molecule has 0 aliphatic rings. The van der Waals surface area contributed by atoms with Gasteiger partial charge in [-0.25, -0.2) is 0 Å². The van der Waals surface area contributed by atoms with E-state index >= 15 is 0 Å². The van der Waals surface area contributed by atoms with Gasteiger partial charge in [-0.3, -0.25) is 19.2 Å². The first-order valence-electron chi connectivity index (χ1n) is 6.89. The van der Waals surface area contributed by atoms with Gasteiger partial charge in [0.25, 0.3) is 0 Å². The van der Waals surface area contributed by atoms with Crippen LogP contribution in [0.3, 0.4) is 0 Å². The number of carbonyl (C=O) groups excluding carboxylic acids is 3. The van der Waals surface area contributed by atoms with E-state index in [0.717, 1.165) is 0 Å². The highest BCUT2D eigenvalue weighted by molar-refractivity contribution is 7.80. The van der Waals surface area contributed by atoms with E-state index < -0.39 is 54.5 Å². The monoisotopic (exact) mass is 382 g/mol. The second-order valence-electron chi connectivity index (χ2n) is 4.87. The van der Waals surface area contributed by atoms with Gasteiger partial charge in [-0.2, -0.15) is 25.3 Å². The molecule has 0 saturated heterocycles. The Morgan fingerprint density at radius 2 is 1.46 bits per heavy atom. The SMILES string of the molecule is CC(O)C(N)C(=O)NC(CS)C(=O)NC(CS)C(=O)NCC(=O)O. The van der Waals surface area contributed by atoms with Gasteiger partial charge in [0.05, 0.1) is 6.10 Å². The van der Waals surface area contributed by atoms with Crippen molar-refractivity contribution in [3.63, 3.8) is 0 Å². The lowest BCUT2D eigenvalue weighted by Gasteiger charge is -2.22. The summed E-state index contributed by atoms with van der Waals surface area (Å²) in [5.41, 5.74) is 5.46. The Kier molecular flexibility index (Phi) is 10.4. The Hall–Kier alpha value is -1.50. The molecule has 138 valence electrons. The van der Waals surface area contributed by atoms with Crippen LogP contribution in [0.25, 0.3) is 0 Å². The predicted octanol–water partition coefficient (Wildman–Crippen LogP) is -3.28. The summed E-state index contributed by atoms with van der Waals surface area (Å²) in [5, 5.41) is 24.5. The van der Waals surface area contributed by atoms with Crippen LogP contribution in [-0.2, 0) is 19.2 Å². The molecule has 4 unspecified atom stereocenters. The van der Waals surface area contributed by atoms with Gasteiger partial charge in [-0.15, -0.1) is 0 Å². The van der Waals surface area contributed by atoms with E-state index in [2.05, 4.69) is 41.2 Å². The Morgan fingerprint density at radius 3 is 1.88 bits per heavy atom. The molecule has 3 amide bonds. The normalized spacial score (nSPS) is 15.5. The van der Waals surface area contributed by atoms with Gasteiger partial charge in [0.2, 0.25) is 17.7 Å². The number of aliphatic hydroxyl groups is 1. The van der Waals surface area contributed by atoms with Crippen molar-refractivity contribution in [3.05, 3.63) is 0 Å². The molecule has 0 aliphatic heterocycles. The minimum absolute atomic E-state index is 0.0832. The third kappa shape index (κ3) is 7.86. The summed E-state index contributed by atoms with van der Waals surface area (Å²) in [6.45, 7) is 0.721. The Labute approximate surface area is 149 Å². The highest BCUT2D eigenvalue weighted by atomic mass is 32.1. The molecule has 0 spiro atoms. The van der Waals surface area contributed by atoms with E-state index in [0.29, 0.717) is 0 Å². The first-order valence-corrected chi connectivity index (χ1v) is 8.16. The molecule has 0 heterocycles. The van der Waals surface area contributed by atoms with Crippen LogP contribution in [0, 0.1) is 0 Å². The maximum atomic E-state index is 12.1. The van der Waals surface area contributed by atoms with Crippen molar-refractivity contribution in [3.8, 4) is 0 Å². The van der Waals surface area contributed by atoms with Crippen LogP contribution in [0.4, 0.5) is 0 Å². The molecule has 4 atom stereocenters. The highest BCUT2D eigenvalue weighted by Crippen LogP contribution is 1.96. The Bertz CT molecular complexity index is 476. The first-order chi connectivity index (χ1) is 11.1. The summed E-state index contributed by atoms with van der Waals surface area (Å²) in [6, 6.07) is -3.41. The number of hydrogen-bond acceptors (Lipinski definition) is 8. The highest BCUT2D eigenvalue weighted by Gasteiger charge is 2.28. The fourth-order valence-corrected chi connectivity index (χ4v) is 1.95. The number of thiol groups is 2. The molecule has 0 aromatic heterocycles. The molecule has 7 N–H and O–H groups in total. The van der Waals surface area contributed by atoms with Crippen LogP contribution in [0.5, 0.6) is 0 Å². The van der Waals surface area contributed by atoms with Gasteiger partial charge in [-0.05, 0) is 6.92 Å². The average Bonchev–Trinajstić information content (AvgIpc) is 2.53. The van der Waals surface area contributed by atoms with Crippen LogP contribution in [0.2, 0.25) is 0 Å². The minimum atomic E-state index is -1.24. The Balaban J connectivity index is 4.74. The predicted molar refractivity (Wildman–Crippen MR) is 91.9 cm³/mol. The first kappa shape index (κ1) is 22.5. The van der Waals surface area contributed by atoms with Gasteiger partial charge in [-0.1, -0.05) is 0 Å². The number of nitrogens with two attached hydrogens (primary N) is 1. The molecule has 24 heavy (non-hydrogen) atoms. The molecule has 0 fully saturated rings. The number of carbonyl (C=O) groups is 4. The molecule has 0 bridgehead atoms. The van der Waals surface area contributed by atoms with Gasteiger partial charge in [0.1, 0.15) is 24.7 Å². The largest absolute Gasteiger partial charge is 0.480 e. The molecule has 0 radical (unpaired) electrons. The quantitative estimate of drug-likeness (QED) is 0.183. The molecule has 0 rings (SSSR count). The Morgan fingerprint density at radius 1 is 1.00 bits per heavy atom. The number of carboxylic acids is 1. The zero-order valence-electron chi connectivity index (χ0n) is 12.9. The standard InChI is InChI=1S/C12H22N4O6S2/c1-5(17)9(13)12(22)16-7(4-24)11(21)15-6(3-23)10(20)14-2-8(18)19/h5-7,9,17,23-24H,2-4,13H2,1H3,(H,14,20)(H,15,21)(H,16,22)(H,18,19). The number of hydrogen-bond donors (Lipinski definition) is 8. The van der Waals surface area contributed by atoms with Crippen molar-refractivity contribution < 1.29 is 29.4 Å². The zero-order chi connectivity index (χ0) is 18.9. The van der Waals surface area contributed by atoms with Crippen molar-refractivity contribution in [1.82, 2.24) is 16.0 Å². The van der Waals surface area contributed by atoms with E-state index in [4.69, 9.17) is 10.8 Å².